The van der Waals surface area contributed by atoms with E-state index in [4.69, 9.17) is 4.74 Å². The molecule has 0 saturated heterocycles. The Kier molecular flexibility index (Phi) is 4.84. The van der Waals surface area contributed by atoms with Gasteiger partial charge in [-0.2, -0.15) is 0 Å². The molecule has 0 fully saturated rings. The molecular weight excluding hydrogens is 332 g/mol. The van der Waals surface area contributed by atoms with Crippen LogP contribution in [0, 0.1) is 0 Å². The van der Waals surface area contributed by atoms with Gasteiger partial charge in [-0.15, -0.1) is 11.3 Å². The Labute approximate surface area is 103 Å². The fraction of sp³-hybridized carbons (Fsp3) is 0.222. The van der Waals surface area contributed by atoms with Crippen molar-refractivity contribution in [1.29, 1.82) is 0 Å². The number of hydrogen-bond donors (Lipinski definition) is 0. The molecule has 0 atom stereocenters. The summed E-state index contributed by atoms with van der Waals surface area (Å²) in [6.07, 6.45) is 3.16. The number of hydrogen-bond acceptors (Lipinski definition) is 3. The molecule has 76 valence electrons. The van der Waals surface area contributed by atoms with Gasteiger partial charge in [0.05, 0.1) is 10.4 Å². The van der Waals surface area contributed by atoms with Crippen LogP contribution in [-0.2, 0) is 9.53 Å². The molecule has 1 heterocycles. The zero-order valence-electron chi connectivity index (χ0n) is 7.42. The quantitative estimate of drug-likeness (QED) is 0.617. The van der Waals surface area contributed by atoms with Crippen molar-refractivity contribution in [2.45, 2.75) is 6.92 Å². The van der Waals surface area contributed by atoms with Gasteiger partial charge in [0.25, 0.3) is 0 Å². The van der Waals surface area contributed by atoms with Crippen LogP contribution < -0.4 is 0 Å². The van der Waals surface area contributed by atoms with Crippen LogP contribution in [0.2, 0.25) is 0 Å². The van der Waals surface area contributed by atoms with Crippen LogP contribution in [0.15, 0.2) is 20.4 Å². The normalized spacial score (nSPS) is 10.8. The Morgan fingerprint density at radius 3 is 2.86 bits per heavy atom. The van der Waals surface area contributed by atoms with Gasteiger partial charge in [-0.1, -0.05) is 0 Å². The van der Waals surface area contributed by atoms with Crippen molar-refractivity contribution in [2.75, 3.05) is 6.61 Å². The van der Waals surface area contributed by atoms with E-state index >= 15 is 0 Å². The Bertz CT molecular complexity index is 338. The van der Waals surface area contributed by atoms with Crippen molar-refractivity contribution in [2.24, 2.45) is 0 Å². The molecule has 0 aliphatic rings. The van der Waals surface area contributed by atoms with Gasteiger partial charge >= 0.3 is 5.97 Å². The fourth-order valence-electron chi connectivity index (χ4n) is 0.786. The van der Waals surface area contributed by atoms with E-state index in [0.717, 1.165) is 13.1 Å². The lowest BCUT2D eigenvalue weighted by Gasteiger charge is -1.93. The molecule has 0 spiro atoms. The van der Waals surface area contributed by atoms with Crippen molar-refractivity contribution < 1.29 is 9.53 Å². The minimum atomic E-state index is -0.312. The van der Waals surface area contributed by atoms with Gasteiger partial charge in [-0.3, -0.25) is 0 Å². The molecule has 0 aromatic carbocycles. The predicted molar refractivity (Wildman–Crippen MR) is 65.4 cm³/mol. The highest BCUT2D eigenvalue weighted by Gasteiger charge is 2.01. The summed E-state index contributed by atoms with van der Waals surface area (Å²) in [4.78, 5) is 12.0. The van der Waals surface area contributed by atoms with E-state index in [1.54, 1.807) is 24.3 Å². The monoisotopic (exact) mass is 338 g/mol. The van der Waals surface area contributed by atoms with Crippen molar-refractivity contribution in [3.63, 3.8) is 0 Å². The van der Waals surface area contributed by atoms with Crippen molar-refractivity contribution >= 4 is 55.2 Å². The molecule has 0 amide bonds. The zero-order valence-corrected chi connectivity index (χ0v) is 11.4. The number of ether oxygens (including phenoxy) is 1. The van der Waals surface area contributed by atoms with Crippen LogP contribution >= 0.6 is 43.2 Å². The minimum Gasteiger partial charge on any atom is -0.463 e. The largest absolute Gasteiger partial charge is 0.463 e. The molecule has 1 rings (SSSR count). The van der Waals surface area contributed by atoms with Crippen LogP contribution in [-0.4, -0.2) is 12.6 Å². The smallest absolute Gasteiger partial charge is 0.330 e. The first-order valence-corrected chi connectivity index (χ1v) is 6.33. The van der Waals surface area contributed by atoms with E-state index in [0.29, 0.717) is 6.61 Å². The summed E-state index contributed by atoms with van der Waals surface area (Å²) < 4.78 is 6.76. The SMILES string of the molecule is CCOC(=O)C=Cc1cc(Br)c(Br)s1. The summed E-state index contributed by atoms with van der Waals surface area (Å²) in [5.74, 6) is -0.312. The molecule has 0 saturated carbocycles. The summed E-state index contributed by atoms with van der Waals surface area (Å²) >= 11 is 8.29. The number of thiophene rings is 1. The third-order valence-electron chi connectivity index (χ3n) is 1.33. The number of carbonyl (C=O) groups is 1. The maximum atomic E-state index is 11.0. The van der Waals surface area contributed by atoms with Gasteiger partial charge in [0.2, 0.25) is 0 Å². The van der Waals surface area contributed by atoms with Crippen LogP contribution in [0.3, 0.4) is 0 Å². The number of esters is 1. The molecule has 0 aliphatic carbocycles. The third kappa shape index (κ3) is 3.55. The molecule has 1 aromatic heterocycles. The highest BCUT2D eigenvalue weighted by atomic mass is 79.9. The molecule has 2 nitrogen and oxygen atoms in total. The van der Waals surface area contributed by atoms with Crippen LogP contribution in [0.1, 0.15) is 11.8 Å². The first-order chi connectivity index (χ1) is 6.63. The Morgan fingerprint density at radius 1 is 1.64 bits per heavy atom. The van der Waals surface area contributed by atoms with Gasteiger partial charge in [0.15, 0.2) is 0 Å². The summed E-state index contributed by atoms with van der Waals surface area (Å²) in [5.41, 5.74) is 0. The summed E-state index contributed by atoms with van der Waals surface area (Å²) in [6, 6.07) is 1.93. The van der Waals surface area contributed by atoms with E-state index < -0.39 is 0 Å². The molecule has 5 heteroatoms. The van der Waals surface area contributed by atoms with E-state index in [1.807, 2.05) is 6.07 Å². The number of halogens is 2. The lowest BCUT2D eigenvalue weighted by atomic mass is 10.4. The first-order valence-electron chi connectivity index (χ1n) is 3.93. The summed E-state index contributed by atoms with van der Waals surface area (Å²) in [7, 11) is 0. The topological polar surface area (TPSA) is 26.3 Å². The van der Waals surface area contributed by atoms with E-state index in [2.05, 4.69) is 31.9 Å². The van der Waals surface area contributed by atoms with E-state index in [-0.39, 0.29) is 5.97 Å². The molecule has 0 aliphatic heterocycles. The van der Waals surface area contributed by atoms with Gasteiger partial charge in [-0.05, 0) is 50.9 Å². The molecule has 0 unspecified atom stereocenters. The maximum absolute atomic E-state index is 11.0. The minimum absolute atomic E-state index is 0.312. The van der Waals surface area contributed by atoms with Crippen LogP contribution in [0.5, 0.6) is 0 Å². The molecule has 0 N–H and O–H groups in total. The lowest BCUT2D eigenvalue weighted by Crippen LogP contribution is -1.98. The molecular formula is C9H8Br2O2S. The fourth-order valence-corrected chi connectivity index (χ4v) is 2.78. The standard InChI is InChI=1S/C9H8Br2O2S/c1-2-13-8(12)4-3-6-5-7(10)9(11)14-6/h3-5H,2H2,1H3. The molecule has 1 aromatic rings. The highest BCUT2D eigenvalue weighted by molar-refractivity contribution is 9.13. The van der Waals surface area contributed by atoms with Crippen molar-refractivity contribution in [1.82, 2.24) is 0 Å². The molecule has 0 bridgehead atoms. The lowest BCUT2D eigenvalue weighted by molar-refractivity contribution is -0.137. The molecule has 14 heavy (non-hydrogen) atoms. The van der Waals surface area contributed by atoms with Gasteiger partial charge < -0.3 is 4.74 Å². The van der Waals surface area contributed by atoms with Crippen LogP contribution in [0.25, 0.3) is 6.08 Å². The summed E-state index contributed by atoms with van der Waals surface area (Å²) in [6.45, 7) is 2.19. The Hall–Kier alpha value is -0.130. The average molecular weight is 340 g/mol. The first kappa shape index (κ1) is 11.9. The Balaban J connectivity index is 2.64. The second-order valence-electron chi connectivity index (χ2n) is 2.36. The van der Waals surface area contributed by atoms with Crippen molar-refractivity contribution in [3.05, 3.63) is 25.3 Å². The van der Waals surface area contributed by atoms with E-state index in [9.17, 15) is 4.79 Å². The number of carbonyl (C=O) groups excluding carboxylic acids is 1. The predicted octanol–water partition coefficient (Wildman–Crippen LogP) is 3.85. The van der Waals surface area contributed by atoms with Crippen molar-refractivity contribution in [3.8, 4) is 0 Å². The average Bonchev–Trinajstić information content (AvgIpc) is 2.44. The highest BCUT2D eigenvalue weighted by Crippen LogP contribution is 2.32. The van der Waals surface area contributed by atoms with Gasteiger partial charge in [-0.25, -0.2) is 4.79 Å². The Morgan fingerprint density at radius 2 is 2.36 bits per heavy atom. The molecule has 0 radical (unpaired) electrons. The van der Waals surface area contributed by atoms with Gasteiger partial charge in [0.1, 0.15) is 0 Å². The van der Waals surface area contributed by atoms with E-state index in [1.165, 1.54) is 6.08 Å². The summed E-state index contributed by atoms with van der Waals surface area (Å²) in [5, 5.41) is 0. The maximum Gasteiger partial charge on any atom is 0.330 e. The number of rotatable bonds is 3. The van der Waals surface area contributed by atoms with Gasteiger partial charge in [0, 0.05) is 15.4 Å². The second-order valence-corrected chi connectivity index (χ2v) is 5.61. The third-order valence-corrected chi connectivity index (χ3v) is 4.56. The second kappa shape index (κ2) is 5.68. The van der Waals surface area contributed by atoms with Crippen LogP contribution in [0.4, 0.5) is 0 Å². The zero-order chi connectivity index (χ0) is 10.6.